The number of hydrogen-bond donors (Lipinski definition) is 2. The van der Waals surface area contributed by atoms with Gasteiger partial charge in [0.25, 0.3) is 0 Å². The number of H-pyrrole nitrogens is 1. The number of amides is 2. The molecule has 2 aliphatic rings. The largest absolute Gasteiger partial charge is 0.494 e. The van der Waals surface area contributed by atoms with Crippen molar-refractivity contribution in [2.45, 2.75) is 12.8 Å². The fourth-order valence-corrected chi connectivity index (χ4v) is 4.35. The molecule has 2 saturated heterocycles. The van der Waals surface area contributed by atoms with Gasteiger partial charge < -0.3 is 19.4 Å². The minimum absolute atomic E-state index is 0.127. The number of carbonyl (C=O) groups excluding carboxylic acids is 1. The van der Waals surface area contributed by atoms with Crippen LogP contribution in [-0.2, 0) is 11.8 Å². The van der Waals surface area contributed by atoms with Gasteiger partial charge >= 0.3 is 6.03 Å². The summed E-state index contributed by atoms with van der Waals surface area (Å²) in [7, 11) is 3.49. The van der Waals surface area contributed by atoms with E-state index in [-0.39, 0.29) is 11.4 Å². The average molecular weight is 396 g/mol. The first-order valence-electron chi connectivity index (χ1n) is 9.76. The monoisotopic (exact) mass is 396 g/mol. The van der Waals surface area contributed by atoms with Crippen molar-refractivity contribution in [1.82, 2.24) is 24.6 Å². The summed E-state index contributed by atoms with van der Waals surface area (Å²) in [5.41, 5.74) is 3.48. The standard InChI is InChI=1S/C20H24N6O3/c1-25-10-13(9-21-25)14-3-4-15(28-2)17-16(14)22-18(23-17)24-19(27)26-7-5-20(11-26)6-8-29-12-20/h3-4,9-10H,5-8,11-12H2,1-2H3,(H2,22,23,24,27)/t20-/m0/s1. The molecule has 9 nitrogen and oxygen atoms in total. The van der Waals surface area contributed by atoms with Crippen molar-refractivity contribution in [2.75, 3.05) is 38.7 Å². The number of rotatable bonds is 3. The molecule has 9 heteroatoms. The Bertz CT molecular complexity index is 1070. The summed E-state index contributed by atoms with van der Waals surface area (Å²) < 4.78 is 12.8. The van der Waals surface area contributed by atoms with Crippen molar-refractivity contribution in [3.8, 4) is 16.9 Å². The molecule has 2 N–H and O–H groups in total. The molecule has 3 aromatic rings. The van der Waals surface area contributed by atoms with Crippen LogP contribution in [0.5, 0.6) is 5.75 Å². The molecule has 0 bridgehead atoms. The highest BCUT2D eigenvalue weighted by Crippen LogP contribution is 2.38. The number of ether oxygens (including phenoxy) is 2. The van der Waals surface area contributed by atoms with E-state index in [2.05, 4.69) is 20.4 Å². The van der Waals surface area contributed by atoms with Crippen LogP contribution in [0, 0.1) is 5.41 Å². The second-order valence-corrected chi connectivity index (χ2v) is 7.93. The predicted molar refractivity (Wildman–Crippen MR) is 108 cm³/mol. The van der Waals surface area contributed by atoms with Crippen LogP contribution in [0.25, 0.3) is 22.2 Å². The summed E-state index contributed by atoms with van der Waals surface area (Å²) in [5, 5.41) is 7.16. The Kier molecular flexibility index (Phi) is 4.20. The normalized spacial score (nSPS) is 21.4. The number of aromatic amines is 1. The van der Waals surface area contributed by atoms with E-state index in [4.69, 9.17) is 9.47 Å². The number of benzene rings is 1. The van der Waals surface area contributed by atoms with Crippen molar-refractivity contribution in [3.05, 3.63) is 24.5 Å². The maximum absolute atomic E-state index is 12.8. The Hall–Kier alpha value is -3.07. The molecule has 2 aliphatic heterocycles. The lowest BCUT2D eigenvalue weighted by atomic mass is 9.87. The number of likely N-dealkylation sites (tertiary alicyclic amines) is 1. The molecular weight excluding hydrogens is 372 g/mol. The zero-order valence-electron chi connectivity index (χ0n) is 16.6. The van der Waals surface area contributed by atoms with Gasteiger partial charge in [0.1, 0.15) is 16.8 Å². The molecule has 2 fully saturated rings. The average Bonchev–Trinajstić information content (AvgIpc) is 3.49. The highest BCUT2D eigenvalue weighted by atomic mass is 16.5. The van der Waals surface area contributed by atoms with Gasteiger partial charge in [-0.2, -0.15) is 5.10 Å². The van der Waals surface area contributed by atoms with Gasteiger partial charge in [-0.15, -0.1) is 0 Å². The van der Waals surface area contributed by atoms with Gasteiger partial charge in [0, 0.05) is 49.5 Å². The number of carbonyl (C=O) groups is 1. The number of nitrogens with one attached hydrogen (secondary N) is 2. The van der Waals surface area contributed by atoms with Crippen molar-refractivity contribution in [2.24, 2.45) is 12.5 Å². The Morgan fingerprint density at radius 3 is 3.00 bits per heavy atom. The van der Waals surface area contributed by atoms with Gasteiger partial charge in [-0.1, -0.05) is 0 Å². The van der Waals surface area contributed by atoms with Crippen LogP contribution in [-0.4, -0.2) is 64.1 Å². The zero-order valence-corrected chi connectivity index (χ0v) is 16.6. The number of imidazole rings is 1. The fourth-order valence-electron chi connectivity index (χ4n) is 4.35. The van der Waals surface area contributed by atoms with Crippen molar-refractivity contribution in [1.29, 1.82) is 0 Å². The molecule has 1 spiro atoms. The topological polar surface area (TPSA) is 97.3 Å². The smallest absolute Gasteiger partial charge is 0.324 e. The summed E-state index contributed by atoms with van der Waals surface area (Å²) in [5.74, 6) is 1.08. The van der Waals surface area contributed by atoms with Crippen LogP contribution in [0.3, 0.4) is 0 Å². The van der Waals surface area contributed by atoms with Crippen LogP contribution in [0.2, 0.25) is 0 Å². The van der Waals surface area contributed by atoms with Crippen LogP contribution in [0.15, 0.2) is 24.5 Å². The molecule has 0 aliphatic carbocycles. The summed E-state index contributed by atoms with van der Waals surface area (Å²) in [6.07, 6.45) is 5.73. The Morgan fingerprint density at radius 1 is 1.38 bits per heavy atom. The summed E-state index contributed by atoms with van der Waals surface area (Å²) in [6, 6.07) is 3.70. The number of anilines is 1. The molecule has 0 radical (unpaired) electrons. The van der Waals surface area contributed by atoms with E-state index in [0.717, 1.165) is 61.3 Å². The molecule has 152 valence electrons. The third-order valence-corrected chi connectivity index (χ3v) is 5.98. The third kappa shape index (κ3) is 3.11. The number of fused-ring (bicyclic) bond motifs is 1. The number of urea groups is 1. The second-order valence-electron chi connectivity index (χ2n) is 7.93. The SMILES string of the molecule is COc1ccc(-c2cnn(C)c2)c2nc(NC(=O)N3CC[C@]4(CCOC4)C3)[nH]c12. The summed E-state index contributed by atoms with van der Waals surface area (Å²) in [6.45, 7) is 2.99. The highest BCUT2D eigenvalue weighted by molar-refractivity contribution is 5.98. The second kappa shape index (κ2) is 6.77. The van der Waals surface area contributed by atoms with Crippen LogP contribution >= 0.6 is 0 Å². The number of aryl methyl sites for hydroxylation is 1. The lowest BCUT2D eigenvalue weighted by molar-refractivity contribution is 0.154. The van der Waals surface area contributed by atoms with Crippen molar-refractivity contribution >= 4 is 23.0 Å². The van der Waals surface area contributed by atoms with Crippen LogP contribution in [0.4, 0.5) is 10.7 Å². The number of hydrogen-bond acceptors (Lipinski definition) is 5. The van der Waals surface area contributed by atoms with Gasteiger partial charge in [-0.05, 0) is 25.0 Å². The minimum atomic E-state index is -0.144. The third-order valence-electron chi connectivity index (χ3n) is 5.98. The molecule has 0 unspecified atom stereocenters. The summed E-state index contributed by atoms with van der Waals surface area (Å²) in [4.78, 5) is 22.5. The van der Waals surface area contributed by atoms with Gasteiger partial charge in [0.15, 0.2) is 0 Å². The first-order chi connectivity index (χ1) is 14.1. The Labute approximate surface area is 168 Å². The molecule has 5 rings (SSSR count). The van der Waals surface area contributed by atoms with Crippen LogP contribution < -0.4 is 10.1 Å². The van der Waals surface area contributed by atoms with E-state index in [0.29, 0.717) is 11.7 Å². The maximum atomic E-state index is 12.8. The molecule has 2 amide bonds. The van der Waals surface area contributed by atoms with Crippen molar-refractivity contribution < 1.29 is 14.3 Å². The number of aromatic nitrogens is 4. The molecule has 29 heavy (non-hydrogen) atoms. The van der Waals surface area contributed by atoms with Gasteiger partial charge in [0.05, 0.1) is 19.9 Å². The summed E-state index contributed by atoms with van der Waals surface area (Å²) >= 11 is 0. The fraction of sp³-hybridized carbons (Fsp3) is 0.450. The van der Waals surface area contributed by atoms with E-state index in [1.54, 1.807) is 18.0 Å². The number of methoxy groups -OCH3 is 1. The van der Waals surface area contributed by atoms with E-state index in [1.807, 2.05) is 30.3 Å². The van der Waals surface area contributed by atoms with Gasteiger partial charge in [-0.25, -0.2) is 9.78 Å². The molecule has 1 aromatic carbocycles. The zero-order chi connectivity index (χ0) is 20.0. The van der Waals surface area contributed by atoms with E-state index in [1.165, 1.54) is 0 Å². The lowest BCUT2D eigenvalue weighted by Gasteiger charge is -2.21. The molecular formula is C20H24N6O3. The first kappa shape index (κ1) is 18.0. The predicted octanol–water partition coefficient (Wildman–Crippen LogP) is 2.62. The van der Waals surface area contributed by atoms with Gasteiger partial charge in [-0.3, -0.25) is 10.00 Å². The van der Waals surface area contributed by atoms with E-state index >= 15 is 0 Å². The van der Waals surface area contributed by atoms with Crippen molar-refractivity contribution in [3.63, 3.8) is 0 Å². The van der Waals surface area contributed by atoms with Gasteiger partial charge in [0.2, 0.25) is 5.95 Å². The molecule has 1 atom stereocenters. The quantitative estimate of drug-likeness (QED) is 0.709. The highest BCUT2D eigenvalue weighted by Gasteiger charge is 2.42. The first-order valence-corrected chi connectivity index (χ1v) is 9.76. The Morgan fingerprint density at radius 2 is 2.28 bits per heavy atom. The lowest BCUT2D eigenvalue weighted by Crippen LogP contribution is -2.35. The minimum Gasteiger partial charge on any atom is -0.494 e. The molecule has 0 saturated carbocycles. The molecule has 2 aromatic heterocycles. The molecule has 4 heterocycles. The van der Waals surface area contributed by atoms with E-state index < -0.39 is 0 Å². The van der Waals surface area contributed by atoms with E-state index in [9.17, 15) is 4.79 Å². The number of nitrogens with zero attached hydrogens (tertiary/aromatic N) is 4. The maximum Gasteiger partial charge on any atom is 0.324 e. The van der Waals surface area contributed by atoms with Crippen LogP contribution in [0.1, 0.15) is 12.8 Å². The Balaban J connectivity index is 1.43.